The number of fused-ring (bicyclic) bond motifs is 6. The van der Waals surface area contributed by atoms with E-state index >= 15 is 0 Å². The van der Waals surface area contributed by atoms with E-state index in [4.69, 9.17) is 4.42 Å². The Balaban J connectivity index is 0.992. The van der Waals surface area contributed by atoms with E-state index in [9.17, 15) is 0 Å². The predicted molar refractivity (Wildman–Crippen MR) is 264 cm³/mol. The highest BCUT2D eigenvalue weighted by Gasteiger charge is 2.20. The molecule has 0 bridgehead atoms. The molecular weight excluding hydrogens is 765 g/mol. The van der Waals surface area contributed by atoms with Gasteiger partial charge in [0.2, 0.25) is 0 Å². The standard InChI is InChI=1S/C60H40N2O/c1-2-16-41(17-3-1)44-18-14-19-45(40-44)49-21-5-9-27-55(49)61(47-38-34-43(35-39-47)50-25-15-26-54-53-24-8-13-31-59(53)63-60(50)54)46-36-32-42(33-37-46)48-20-4-10-28-56(48)62-57-29-11-6-22-51(57)52-23-7-12-30-58(52)62/h1-40H. The van der Waals surface area contributed by atoms with Gasteiger partial charge in [0.25, 0.3) is 0 Å². The van der Waals surface area contributed by atoms with Crippen LogP contribution in [0.15, 0.2) is 247 Å². The summed E-state index contributed by atoms with van der Waals surface area (Å²) >= 11 is 0. The summed E-state index contributed by atoms with van der Waals surface area (Å²) in [6.45, 7) is 0. The van der Waals surface area contributed by atoms with Crippen LogP contribution in [0.5, 0.6) is 0 Å². The monoisotopic (exact) mass is 804 g/mol. The Bertz CT molecular complexity index is 3560. The summed E-state index contributed by atoms with van der Waals surface area (Å²) in [6.07, 6.45) is 0. The number of aromatic nitrogens is 1. The molecule has 0 aliphatic heterocycles. The van der Waals surface area contributed by atoms with Gasteiger partial charge in [-0.1, -0.05) is 182 Å². The molecule has 12 aromatic rings. The van der Waals surface area contributed by atoms with Gasteiger partial charge in [0.1, 0.15) is 11.2 Å². The molecule has 0 saturated heterocycles. The zero-order valence-electron chi connectivity index (χ0n) is 34.4. The van der Waals surface area contributed by atoms with Gasteiger partial charge in [-0.15, -0.1) is 0 Å². The highest BCUT2D eigenvalue weighted by Crippen LogP contribution is 2.44. The Morgan fingerprint density at radius 2 is 0.825 bits per heavy atom. The van der Waals surface area contributed by atoms with Crippen LogP contribution < -0.4 is 4.90 Å². The molecule has 0 aliphatic rings. The van der Waals surface area contributed by atoms with Gasteiger partial charge in [-0.25, -0.2) is 0 Å². The summed E-state index contributed by atoms with van der Waals surface area (Å²) in [7, 11) is 0. The van der Waals surface area contributed by atoms with E-state index in [1.54, 1.807) is 0 Å². The van der Waals surface area contributed by atoms with E-state index < -0.39 is 0 Å². The Hall–Kier alpha value is -8.40. The molecule has 0 spiro atoms. The summed E-state index contributed by atoms with van der Waals surface area (Å²) in [5.41, 5.74) is 17.7. The summed E-state index contributed by atoms with van der Waals surface area (Å²) in [5.74, 6) is 0. The second-order valence-electron chi connectivity index (χ2n) is 16.1. The molecule has 63 heavy (non-hydrogen) atoms. The lowest BCUT2D eigenvalue weighted by atomic mass is 9.96. The molecule has 0 atom stereocenters. The second-order valence-corrected chi connectivity index (χ2v) is 16.1. The molecule has 0 radical (unpaired) electrons. The van der Waals surface area contributed by atoms with Crippen LogP contribution in [0.3, 0.4) is 0 Å². The van der Waals surface area contributed by atoms with Gasteiger partial charge < -0.3 is 13.9 Å². The molecule has 0 amide bonds. The van der Waals surface area contributed by atoms with E-state index in [2.05, 4.69) is 240 Å². The van der Waals surface area contributed by atoms with Crippen LogP contribution in [0.25, 0.3) is 93.9 Å². The highest BCUT2D eigenvalue weighted by molar-refractivity contribution is 6.11. The first-order valence-corrected chi connectivity index (χ1v) is 21.5. The average molecular weight is 805 g/mol. The fraction of sp³-hybridized carbons (Fsp3) is 0. The minimum Gasteiger partial charge on any atom is -0.455 e. The SMILES string of the molecule is c1ccc(-c2cccc(-c3ccccc3N(c3ccc(-c4ccccc4-n4c5ccccc5c5ccccc54)cc3)c3ccc(-c4cccc5c4oc4ccccc45)cc3)c2)cc1. The molecule has 2 heterocycles. The lowest BCUT2D eigenvalue weighted by Gasteiger charge is -2.28. The molecule has 296 valence electrons. The number of hydrogen-bond donors (Lipinski definition) is 0. The topological polar surface area (TPSA) is 21.3 Å². The van der Waals surface area contributed by atoms with Crippen LogP contribution in [-0.4, -0.2) is 4.57 Å². The highest BCUT2D eigenvalue weighted by atomic mass is 16.3. The zero-order valence-corrected chi connectivity index (χ0v) is 34.4. The first-order valence-electron chi connectivity index (χ1n) is 21.5. The van der Waals surface area contributed by atoms with Crippen LogP contribution in [0.1, 0.15) is 0 Å². The normalized spacial score (nSPS) is 11.5. The van der Waals surface area contributed by atoms with Crippen molar-refractivity contribution < 1.29 is 4.42 Å². The second kappa shape index (κ2) is 15.3. The Kier molecular flexibility index (Phi) is 8.83. The molecule has 0 fully saturated rings. The largest absolute Gasteiger partial charge is 0.455 e. The van der Waals surface area contributed by atoms with Crippen molar-refractivity contribution in [1.29, 1.82) is 0 Å². The first kappa shape index (κ1) is 36.5. The Morgan fingerprint density at radius 1 is 0.317 bits per heavy atom. The lowest BCUT2D eigenvalue weighted by Crippen LogP contribution is -2.11. The summed E-state index contributed by atoms with van der Waals surface area (Å²) in [5, 5.41) is 4.76. The Morgan fingerprint density at radius 3 is 1.56 bits per heavy atom. The number of benzene rings is 10. The van der Waals surface area contributed by atoms with Crippen LogP contribution >= 0.6 is 0 Å². The van der Waals surface area contributed by atoms with Gasteiger partial charge in [0, 0.05) is 49.6 Å². The van der Waals surface area contributed by atoms with Gasteiger partial charge in [0.15, 0.2) is 0 Å². The van der Waals surface area contributed by atoms with Crippen LogP contribution in [-0.2, 0) is 0 Å². The summed E-state index contributed by atoms with van der Waals surface area (Å²) in [6, 6.07) is 87.1. The summed E-state index contributed by atoms with van der Waals surface area (Å²) in [4.78, 5) is 2.39. The fourth-order valence-corrected chi connectivity index (χ4v) is 9.49. The molecule has 12 rings (SSSR count). The molecule has 0 N–H and O–H groups in total. The molecule has 3 heteroatoms. The van der Waals surface area contributed by atoms with Crippen molar-refractivity contribution in [3.8, 4) is 50.2 Å². The maximum Gasteiger partial charge on any atom is 0.143 e. The smallest absolute Gasteiger partial charge is 0.143 e. The minimum atomic E-state index is 0.900. The average Bonchev–Trinajstić information content (AvgIpc) is 3.91. The van der Waals surface area contributed by atoms with Gasteiger partial charge in [-0.3, -0.25) is 0 Å². The molecular formula is C60H40N2O. The van der Waals surface area contributed by atoms with Gasteiger partial charge in [-0.2, -0.15) is 0 Å². The zero-order chi connectivity index (χ0) is 41.7. The number of nitrogens with zero attached hydrogens (tertiary/aromatic N) is 2. The molecule has 3 nitrogen and oxygen atoms in total. The fourth-order valence-electron chi connectivity index (χ4n) is 9.49. The maximum atomic E-state index is 6.47. The Labute approximate surface area is 366 Å². The molecule has 0 saturated carbocycles. The van der Waals surface area contributed by atoms with Crippen LogP contribution in [0, 0.1) is 0 Å². The van der Waals surface area contributed by atoms with Gasteiger partial charge >= 0.3 is 0 Å². The first-order chi connectivity index (χ1) is 31.3. The van der Waals surface area contributed by atoms with Crippen molar-refractivity contribution in [2.45, 2.75) is 0 Å². The van der Waals surface area contributed by atoms with E-state index in [-0.39, 0.29) is 0 Å². The van der Waals surface area contributed by atoms with E-state index in [1.165, 1.54) is 38.5 Å². The van der Waals surface area contributed by atoms with Gasteiger partial charge in [0.05, 0.1) is 22.4 Å². The number of furan rings is 1. The van der Waals surface area contributed by atoms with Crippen molar-refractivity contribution in [3.05, 3.63) is 243 Å². The third kappa shape index (κ3) is 6.29. The third-order valence-corrected chi connectivity index (χ3v) is 12.4. The van der Waals surface area contributed by atoms with Crippen molar-refractivity contribution >= 4 is 60.8 Å². The quantitative estimate of drug-likeness (QED) is 0.153. The van der Waals surface area contributed by atoms with E-state index in [0.717, 1.165) is 72.5 Å². The van der Waals surface area contributed by atoms with E-state index in [0.29, 0.717) is 0 Å². The maximum absolute atomic E-state index is 6.47. The molecule has 10 aromatic carbocycles. The molecule has 0 unspecified atom stereocenters. The van der Waals surface area contributed by atoms with Crippen molar-refractivity contribution in [1.82, 2.24) is 4.57 Å². The molecule has 2 aromatic heterocycles. The number of anilines is 3. The van der Waals surface area contributed by atoms with Gasteiger partial charge in [-0.05, 0) is 88.5 Å². The van der Waals surface area contributed by atoms with Crippen molar-refractivity contribution in [2.24, 2.45) is 0 Å². The predicted octanol–water partition coefficient (Wildman–Crippen LogP) is 16.8. The number of para-hydroxylation sites is 6. The van der Waals surface area contributed by atoms with Crippen LogP contribution in [0.2, 0.25) is 0 Å². The van der Waals surface area contributed by atoms with Crippen molar-refractivity contribution in [3.63, 3.8) is 0 Å². The number of rotatable bonds is 8. The third-order valence-electron chi connectivity index (χ3n) is 12.4. The number of hydrogen-bond acceptors (Lipinski definition) is 2. The minimum absolute atomic E-state index is 0.900. The van der Waals surface area contributed by atoms with Crippen molar-refractivity contribution in [2.75, 3.05) is 4.90 Å². The molecule has 0 aliphatic carbocycles. The lowest BCUT2D eigenvalue weighted by molar-refractivity contribution is 0.670. The summed E-state index contributed by atoms with van der Waals surface area (Å²) < 4.78 is 8.88. The van der Waals surface area contributed by atoms with E-state index in [1.807, 2.05) is 12.1 Å². The van der Waals surface area contributed by atoms with Crippen LogP contribution in [0.4, 0.5) is 17.1 Å².